The Kier molecular flexibility index (Phi) is 7.09. The van der Waals surface area contributed by atoms with Gasteiger partial charge in [0.25, 0.3) is 0 Å². The molecule has 0 heterocycles. The van der Waals surface area contributed by atoms with E-state index < -0.39 is 0 Å². The first kappa shape index (κ1) is 16.7. The molecule has 19 heavy (non-hydrogen) atoms. The van der Waals surface area contributed by atoms with Crippen molar-refractivity contribution in [3.05, 3.63) is 12.7 Å². The molecule has 0 aromatic rings. The molecule has 1 aliphatic rings. The third kappa shape index (κ3) is 4.32. The highest BCUT2D eigenvalue weighted by molar-refractivity contribution is 5.01. The minimum atomic E-state index is 0.356. The van der Waals surface area contributed by atoms with Crippen molar-refractivity contribution in [2.24, 2.45) is 5.92 Å². The highest BCUT2D eigenvalue weighted by Crippen LogP contribution is 2.39. The van der Waals surface area contributed by atoms with Gasteiger partial charge in [-0.15, -0.1) is 6.58 Å². The van der Waals surface area contributed by atoms with Crippen LogP contribution in [0.1, 0.15) is 58.8 Å². The first-order valence-electron chi connectivity index (χ1n) is 8.08. The molecule has 0 saturated heterocycles. The lowest BCUT2D eigenvalue weighted by Gasteiger charge is -2.50. The predicted octanol–water partition coefficient (Wildman–Crippen LogP) is 3.83. The molecule has 0 aromatic carbocycles. The summed E-state index contributed by atoms with van der Waals surface area (Å²) >= 11 is 0. The number of hydrogen-bond donors (Lipinski definition) is 1. The molecule has 1 saturated carbocycles. The summed E-state index contributed by atoms with van der Waals surface area (Å²) < 4.78 is 0. The monoisotopic (exact) mass is 266 g/mol. The minimum Gasteiger partial charge on any atom is -0.312 e. The summed E-state index contributed by atoms with van der Waals surface area (Å²) in [6.45, 7) is 9.57. The average Bonchev–Trinajstić information content (AvgIpc) is 2.37. The molecular weight excluding hydrogens is 232 g/mol. The van der Waals surface area contributed by atoms with Crippen LogP contribution in [0.25, 0.3) is 0 Å². The third-order valence-electron chi connectivity index (χ3n) is 4.90. The van der Waals surface area contributed by atoms with Crippen molar-refractivity contribution in [2.45, 2.75) is 70.4 Å². The van der Waals surface area contributed by atoms with Crippen molar-refractivity contribution in [1.82, 2.24) is 10.2 Å². The molecule has 1 N–H and O–H groups in total. The lowest BCUT2D eigenvalue weighted by molar-refractivity contribution is 0.0343. The van der Waals surface area contributed by atoms with Crippen molar-refractivity contribution in [3.8, 4) is 0 Å². The molecule has 1 aliphatic carbocycles. The standard InChI is InChI=1S/C17H34N2/c1-6-8-9-12-16(18-7-2)17(19(4)5)13-10-11-15(3)14-17/h6,15-16,18H,1,7-14H2,2-5H3. The zero-order chi connectivity index (χ0) is 14.3. The first-order valence-corrected chi connectivity index (χ1v) is 8.08. The number of nitrogens with one attached hydrogen (secondary N) is 1. The summed E-state index contributed by atoms with van der Waals surface area (Å²) in [5.74, 6) is 0.858. The topological polar surface area (TPSA) is 15.3 Å². The Morgan fingerprint density at radius 2 is 2.21 bits per heavy atom. The van der Waals surface area contributed by atoms with Gasteiger partial charge in [-0.05, 0) is 58.7 Å². The fraction of sp³-hybridized carbons (Fsp3) is 0.882. The lowest BCUT2D eigenvalue weighted by atomic mass is 9.70. The van der Waals surface area contributed by atoms with E-state index in [9.17, 15) is 0 Å². The largest absolute Gasteiger partial charge is 0.312 e. The van der Waals surface area contributed by atoms with Gasteiger partial charge in [-0.3, -0.25) is 0 Å². The van der Waals surface area contributed by atoms with Crippen LogP contribution >= 0.6 is 0 Å². The highest BCUT2D eigenvalue weighted by atomic mass is 15.2. The van der Waals surface area contributed by atoms with E-state index in [1.807, 2.05) is 0 Å². The number of rotatable bonds is 8. The van der Waals surface area contributed by atoms with E-state index in [-0.39, 0.29) is 0 Å². The Labute approximate surface area is 120 Å². The molecule has 0 aromatic heterocycles. The van der Waals surface area contributed by atoms with Crippen molar-refractivity contribution >= 4 is 0 Å². The Morgan fingerprint density at radius 1 is 1.47 bits per heavy atom. The van der Waals surface area contributed by atoms with Crippen LogP contribution in [0.3, 0.4) is 0 Å². The molecule has 0 spiro atoms. The fourth-order valence-corrected chi connectivity index (χ4v) is 3.87. The van der Waals surface area contributed by atoms with Crippen molar-refractivity contribution < 1.29 is 0 Å². The van der Waals surface area contributed by atoms with Crippen molar-refractivity contribution in [2.75, 3.05) is 20.6 Å². The number of likely N-dealkylation sites (N-methyl/N-ethyl adjacent to an activating group) is 2. The molecule has 1 rings (SSSR count). The molecule has 3 atom stereocenters. The maximum Gasteiger partial charge on any atom is 0.0358 e. The Bertz CT molecular complexity index is 262. The summed E-state index contributed by atoms with van der Waals surface area (Å²) in [7, 11) is 4.55. The Morgan fingerprint density at radius 3 is 2.74 bits per heavy atom. The van der Waals surface area contributed by atoms with Crippen LogP contribution in [-0.4, -0.2) is 37.1 Å². The van der Waals surface area contributed by atoms with Crippen molar-refractivity contribution in [3.63, 3.8) is 0 Å². The minimum absolute atomic E-state index is 0.356. The lowest BCUT2D eigenvalue weighted by Crippen LogP contribution is -2.60. The van der Waals surface area contributed by atoms with Crippen LogP contribution < -0.4 is 5.32 Å². The van der Waals surface area contributed by atoms with E-state index in [4.69, 9.17) is 0 Å². The molecule has 2 nitrogen and oxygen atoms in total. The van der Waals surface area contributed by atoms with E-state index in [2.05, 4.69) is 50.8 Å². The number of unbranched alkanes of at least 4 members (excludes halogenated alkanes) is 1. The molecule has 1 fully saturated rings. The molecule has 112 valence electrons. The number of allylic oxidation sites excluding steroid dienone is 1. The second-order valence-electron chi connectivity index (χ2n) is 6.53. The quantitative estimate of drug-likeness (QED) is 0.530. The van der Waals surface area contributed by atoms with Gasteiger partial charge in [0.15, 0.2) is 0 Å². The zero-order valence-corrected chi connectivity index (χ0v) is 13.5. The van der Waals surface area contributed by atoms with Crippen LogP contribution in [0.4, 0.5) is 0 Å². The third-order valence-corrected chi connectivity index (χ3v) is 4.90. The summed E-state index contributed by atoms with van der Waals surface area (Å²) in [6, 6.07) is 0.621. The fourth-order valence-electron chi connectivity index (χ4n) is 3.87. The Hall–Kier alpha value is -0.340. The van der Waals surface area contributed by atoms with Gasteiger partial charge in [0, 0.05) is 11.6 Å². The summed E-state index contributed by atoms with van der Waals surface area (Å²) in [4.78, 5) is 2.50. The van der Waals surface area contributed by atoms with Gasteiger partial charge < -0.3 is 10.2 Å². The van der Waals surface area contributed by atoms with Gasteiger partial charge in [-0.2, -0.15) is 0 Å². The summed E-state index contributed by atoms with van der Waals surface area (Å²) in [6.07, 6.45) is 11.2. The molecule has 0 amide bonds. The normalized spacial score (nSPS) is 29.4. The van der Waals surface area contributed by atoms with Gasteiger partial charge in [-0.1, -0.05) is 32.8 Å². The maximum atomic E-state index is 3.85. The number of nitrogens with zero attached hydrogens (tertiary/aromatic N) is 1. The second kappa shape index (κ2) is 8.06. The predicted molar refractivity (Wildman–Crippen MR) is 85.6 cm³/mol. The van der Waals surface area contributed by atoms with Crippen LogP contribution in [-0.2, 0) is 0 Å². The van der Waals surface area contributed by atoms with Gasteiger partial charge in [0.1, 0.15) is 0 Å². The van der Waals surface area contributed by atoms with E-state index in [1.165, 1.54) is 38.5 Å². The van der Waals surface area contributed by atoms with Crippen LogP contribution in [0, 0.1) is 5.92 Å². The molecule has 2 heteroatoms. The Balaban J connectivity index is 2.80. The average molecular weight is 266 g/mol. The first-order chi connectivity index (χ1) is 9.06. The molecule has 3 unspecified atom stereocenters. The van der Waals surface area contributed by atoms with Crippen LogP contribution in [0.5, 0.6) is 0 Å². The summed E-state index contributed by atoms with van der Waals surface area (Å²) in [5.41, 5.74) is 0.356. The van der Waals surface area contributed by atoms with Gasteiger partial charge in [0.05, 0.1) is 0 Å². The molecule has 0 bridgehead atoms. The van der Waals surface area contributed by atoms with E-state index in [0.717, 1.165) is 18.9 Å². The molecular formula is C17H34N2. The van der Waals surface area contributed by atoms with E-state index in [0.29, 0.717) is 11.6 Å². The van der Waals surface area contributed by atoms with Crippen molar-refractivity contribution in [1.29, 1.82) is 0 Å². The second-order valence-corrected chi connectivity index (χ2v) is 6.53. The number of hydrogen-bond acceptors (Lipinski definition) is 2. The SMILES string of the molecule is C=CCCCC(NCC)C1(N(C)C)CCCC(C)C1. The highest BCUT2D eigenvalue weighted by Gasteiger charge is 2.42. The van der Waals surface area contributed by atoms with Gasteiger partial charge in [-0.25, -0.2) is 0 Å². The van der Waals surface area contributed by atoms with Gasteiger partial charge in [0.2, 0.25) is 0 Å². The summed E-state index contributed by atoms with van der Waals surface area (Å²) in [5, 5.41) is 3.78. The maximum absolute atomic E-state index is 3.85. The smallest absolute Gasteiger partial charge is 0.0358 e. The van der Waals surface area contributed by atoms with Gasteiger partial charge >= 0.3 is 0 Å². The van der Waals surface area contributed by atoms with E-state index >= 15 is 0 Å². The van der Waals surface area contributed by atoms with Crippen LogP contribution in [0.15, 0.2) is 12.7 Å². The molecule has 0 radical (unpaired) electrons. The molecule has 0 aliphatic heterocycles. The van der Waals surface area contributed by atoms with E-state index in [1.54, 1.807) is 0 Å². The van der Waals surface area contributed by atoms with Crippen LogP contribution in [0.2, 0.25) is 0 Å². The zero-order valence-electron chi connectivity index (χ0n) is 13.5.